The van der Waals surface area contributed by atoms with E-state index in [1.807, 2.05) is 32.1 Å². The number of nitrogens with zero attached hydrogens (tertiary/aromatic N) is 1. The summed E-state index contributed by atoms with van der Waals surface area (Å²) < 4.78 is 42.2. The summed E-state index contributed by atoms with van der Waals surface area (Å²) in [4.78, 5) is 66.4. The highest BCUT2D eigenvalue weighted by molar-refractivity contribution is 6.26. The van der Waals surface area contributed by atoms with Gasteiger partial charge >= 0.3 is 18.0 Å². The van der Waals surface area contributed by atoms with Crippen molar-refractivity contribution in [2.24, 2.45) is 40.9 Å². The Morgan fingerprint density at radius 1 is 0.941 bits per heavy atom. The molecular formula is C49H68N2O17. The van der Waals surface area contributed by atoms with Crippen LogP contribution >= 0.6 is 0 Å². The van der Waals surface area contributed by atoms with Gasteiger partial charge in [0.2, 0.25) is 5.78 Å². The molecule has 3 aliphatic heterocycles. The van der Waals surface area contributed by atoms with Gasteiger partial charge in [0.05, 0.1) is 55.1 Å². The molecule has 3 saturated heterocycles. The third kappa shape index (κ3) is 9.02. The van der Waals surface area contributed by atoms with Crippen LogP contribution < -0.4 is 5.32 Å². The van der Waals surface area contributed by atoms with E-state index in [1.165, 1.54) is 27.0 Å². The summed E-state index contributed by atoms with van der Waals surface area (Å²) in [6.45, 7) is 15.6. The molecule has 19 atom stereocenters. The molecule has 4 aliphatic carbocycles. The van der Waals surface area contributed by atoms with E-state index < -0.39 is 137 Å². The summed E-state index contributed by atoms with van der Waals surface area (Å²) in [5, 5.41) is 59.2. The maximum Gasteiger partial charge on any atom is 0.407 e. The Kier molecular flexibility index (Phi) is 14.8. The van der Waals surface area contributed by atoms with Gasteiger partial charge in [-0.05, 0) is 82.4 Å². The zero-order chi connectivity index (χ0) is 49.9. The number of hydrogen-bond acceptors (Lipinski definition) is 18. The molecule has 68 heavy (non-hydrogen) atoms. The van der Waals surface area contributed by atoms with Crippen LogP contribution in [0.5, 0.6) is 0 Å². The Balaban J connectivity index is 1.34. The number of allylic oxidation sites excluding steroid dienone is 3. The van der Waals surface area contributed by atoms with Gasteiger partial charge < -0.3 is 53.8 Å². The van der Waals surface area contributed by atoms with Crippen molar-refractivity contribution >= 4 is 30.1 Å². The number of fused-ring (bicyclic) bond motifs is 4. The van der Waals surface area contributed by atoms with E-state index in [0.29, 0.717) is 18.3 Å². The SMILES string of the molecule is COC(=O)NC1C(C)OC(OC2CC=C(C)C3C=CC4C(OC5CC(OC(C)=O)C(O)C(C)O5)C(C)CC(C)C4C3(C)C(O)=C3C(=O)OC4(CC(C=O)=CC(O)C4C=C2C)C3=O)CC1(C)N(O)O. The first-order valence-electron chi connectivity index (χ1n) is 23.5. The molecule has 4 fully saturated rings. The summed E-state index contributed by atoms with van der Waals surface area (Å²) in [5.74, 6) is -6.03. The first-order chi connectivity index (χ1) is 31.9. The Morgan fingerprint density at radius 3 is 2.28 bits per heavy atom. The van der Waals surface area contributed by atoms with Crippen molar-refractivity contribution in [2.75, 3.05) is 7.11 Å². The molecule has 2 bridgehead atoms. The Labute approximate surface area is 396 Å². The van der Waals surface area contributed by atoms with Crippen molar-refractivity contribution in [1.29, 1.82) is 0 Å². The van der Waals surface area contributed by atoms with Gasteiger partial charge in [0, 0.05) is 43.4 Å². The number of hydroxylamine groups is 2. The summed E-state index contributed by atoms with van der Waals surface area (Å²) >= 11 is 0. The lowest BCUT2D eigenvalue weighted by Crippen LogP contribution is -2.68. The van der Waals surface area contributed by atoms with E-state index in [4.69, 9.17) is 33.2 Å². The molecule has 0 aromatic carbocycles. The number of esters is 2. The number of aliphatic hydroxyl groups excluding tert-OH is 3. The van der Waals surface area contributed by atoms with E-state index in [1.54, 1.807) is 26.8 Å². The van der Waals surface area contributed by atoms with Crippen LogP contribution in [0.25, 0.3) is 0 Å². The van der Waals surface area contributed by atoms with Crippen LogP contribution in [0.4, 0.5) is 4.79 Å². The highest BCUT2D eigenvalue weighted by atomic mass is 16.8. The highest BCUT2D eigenvalue weighted by Crippen LogP contribution is 2.61. The maximum absolute atomic E-state index is 15.3. The maximum atomic E-state index is 15.3. The van der Waals surface area contributed by atoms with Gasteiger partial charge in [0.1, 0.15) is 29.8 Å². The van der Waals surface area contributed by atoms with E-state index in [2.05, 4.69) is 19.2 Å². The number of rotatable bonds is 8. The smallest absolute Gasteiger partial charge is 0.407 e. The van der Waals surface area contributed by atoms with Crippen molar-refractivity contribution in [2.45, 2.75) is 167 Å². The third-order valence-electron chi connectivity index (χ3n) is 16.0. The second-order valence-electron chi connectivity index (χ2n) is 20.5. The van der Waals surface area contributed by atoms with Crippen LogP contribution in [0.1, 0.15) is 94.4 Å². The van der Waals surface area contributed by atoms with Crippen molar-refractivity contribution in [3.63, 3.8) is 0 Å². The van der Waals surface area contributed by atoms with Crippen molar-refractivity contribution < 1.29 is 82.9 Å². The number of nitrogens with one attached hydrogen (secondary N) is 1. The summed E-state index contributed by atoms with van der Waals surface area (Å²) in [6, 6.07) is -0.976. The number of methoxy groups -OCH3 is 1. The largest absolute Gasteiger partial charge is 0.511 e. The van der Waals surface area contributed by atoms with Crippen LogP contribution in [0.15, 0.2) is 58.4 Å². The molecule has 0 aromatic heterocycles. The molecule has 1 spiro atoms. The van der Waals surface area contributed by atoms with Gasteiger partial charge in [-0.25, -0.2) is 9.59 Å². The van der Waals surface area contributed by atoms with Gasteiger partial charge in [0.25, 0.3) is 0 Å². The molecule has 7 rings (SSSR count). The predicted octanol–water partition coefficient (Wildman–Crippen LogP) is 4.46. The molecule has 376 valence electrons. The number of carbonyl (C=O) groups excluding carboxylic acids is 5. The molecule has 1 amide bonds. The average molecular weight is 957 g/mol. The lowest BCUT2D eigenvalue weighted by atomic mass is 9.49. The summed E-state index contributed by atoms with van der Waals surface area (Å²) in [5.41, 5.74) is -4.40. The van der Waals surface area contributed by atoms with Gasteiger partial charge in [-0.2, -0.15) is 0 Å². The number of ether oxygens (including phenoxy) is 7. The van der Waals surface area contributed by atoms with Crippen molar-refractivity contribution in [3.05, 3.63) is 58.4 Å². The zero-order valence-corrected chi connectivity index (χ0v) is 40.3. The minimum Gasteiger partial charge on any atom is -0.511 e. The van der Waals surface area contributed by atoms with E-state index in [0.717, 1.165) is 5.57 Å². The third-order valence-corrected chi connectivity index (χ3v) is 16.0. The average Bonchev–Trinajstić information content (AvgIpc) is 3.51. The van der Waals surface area contributed by atoms with Gasteiger partial charge in [-0.3, -0.25) is 24.8 Å². The second-order valence-corrected chi connectivity index (χ2v) is 20.5. The molecular weight excluding hydrogens is 889 g/mol. The number of hydrogen-bond donors (Lipinski definition) is 6. The highest BCUT2D eigenvalue weighted by Gasteiger charge is 2.64. The fourth-order valence-electron chi connectivity index (χ4n) is 12.6. The quantitative estimate of drug-likeness (QED) is 0.0490. The van der Waals surface area contributed by atoms with Crippen molar-refractivity contribution in [1.82, 2.24) is 10.5 Å². The topological polar surface area (TPSA) is 266 Å². The monoisotopic (exact) mass is 956 g/mol. The molecule has 1 saturated carbocycles. The minimum atomic E-state index is -2.14. The Bertz CT molecular complexity index is 2170. The number of amides is 1. The lowest BCUT2D eigenvalue weighted by molar-refractivity contribution is -0.390. The molecule has 3 heterocycles. The summed E-state index contributed by atoms with van der Waals surface area (Å²) in [6.07, 6.45) is 0.326. The number of ketones is 1. The second kappa shape index (κ2) is 19.5. The number of aliphatic hydroxyl groups is 3. The molecule has 19 nitrogen and oxygen atoms in total. The number of carbonyl (C=O) groups is 5. The van der Waals surface area contributed by atoms with E-state index in [-0.39, 0.29) is 48.3 Å². The van der Waals surface area contributed by atoms with Crippen LogP contribution in [-0.4, -0.2) is 141 Å². The molecule has 19 heteroatoms. The molecule has 19 unspecified atom stereocenters. The number of aldehydes is 1. The number of alkyl carbamates (subject to hydrolysis) is 1. The summed E-state index contributed by atoms with van der Waals surface area (Å²) in [7, 11) is 1.18. The molecule has 7 aliphatic rings. The Hall–Kier alpha value is -4.31. The van der Waals surface area contributed by atoms with Crippen LogP contribution in [0, 0.1) is 40.9 Å². The Morgan fingerprint density at radius 2 is 1.63 bits per heavy atom. The molecule has 0 radical (unpaired) electrons. The first kappa shape index (κ1) is 51.5. The van der Waals surface area contributed by atoms with Gasteiger partial charge in [-0.1, -0.05) is 55.9 Å². The van der Waals surface area contributed by atoms with Gasteiger partial charge in [-0.15, -0.1) is 0 Å². The zero-order valence-electron chi connectivity index (χ0n) is 40.3. The van der Waals surface area contributed by atoms with Crippen LogP contribution in [0.3, 0.4) is 0 Å². The molecule has 0 aromatic rings. The normalized spacial score (nSPS) is 44.0. The standard InChI is InChI=1S/C49H68N2O17/c1-22-11-14-34(66-37-20-47(8,51(60)61)42(27(6)64-37)50-46(59)62-10)23(2)16-32-33(54)17-29(21-52)19-49(32)44(57)38(45(58)68-49)43(56)48(9)31(22)13-12-30-39(48)24(3)15-25(4)41(30)67-36-18-35(65-28(7)53)40(55)26(5)63-36/h11-13,16-17,21,24-27,30-37,39-42,54-56,60-61H,14-15,18-20H2,1-10H3,(H,50,59). The first-order valence-corrected chi connectivity index (χ1v) is 23.5. The van der Waals surface area contributed by atoms with E-state index in [9.17, 15) is 44.9 Å². The fraction of sp³-hybridized carbons (Fsp3) is 0.694. The fourth-order valence-corrected chi connectivity index (χ4v) is 12.6. The molecule has 6 N–H and O–H groups in total. The lowest BCUT2D eigenvalue weighted by Gasteiger charge is -2.56. The van der Waals surface area contributed by atoms with Crippen LogP contribution in [0.2, 0.25) is 0 Å². The predicted molar refractivity (Wildman–Crippen MR) is 237 cm³/mol. The van der Waals surface area contributed by atoms with E-state index >= 15 is 4.79 Å². The van der Waals surface area contributed by atoms with Gasteiger partial charge in [0.15, 0.2) is 18.2 Å². The number of Topliss-reactive ketones (excluding diaryl/α,β-unsaturated/α-hetero) is 1. The van der Waals surface area contributed by atoms with Crippen molar-refractivity contribution in [3.8, 4) is 0 Å². The minimum absolute atomic E-state index is 0.00931. The van der Waals surface area contributed by atoms with Crippen LogP contribution in [-0.2, 0) is 52.3 Å².